The summed E-state index contributed by atoms with van der Waals surface area (Å²) in [4.78, 5) is 3.55. The molecule has 90 valence electrons. The zero-order chi connectivity index (χ0) is 12.6. The van der Waals surface area contributed by atoms with E-state index in [1.165, 1.54) is 0 Å². The number of aromatic nitrogens is 1. The number of thiazole rings is 1. The minimum Gasteiger partial charge on any atom is -0.389 e. The molecule has 0 bridgehead atoms. The molecule has 1 aromatic heterocycles. The second kappa shape index (κ2) is 4.03. The Kier molecular flexibility index (Phi) is 2.82. The number of hydrogen-bond donors (Lipinski definition) is 1. The third kappa shape index (κ3) is 2.41. The highest BCUT2D eigenvalue weighted by Crippen LogP contribution is 2.39. The van der Waals surface area contributed by atoms with Crippen LogP contribution in [0, 0.1) is 6.92 Å². The maximum Gasteiger partial charge on any atom is 0.436 e. The van der Waals surface area contributed by atoms with Gasteiger partial charge in [0, 0.05) is 5.56 Å². The predicted molar refractivity (Wildman–Crippen MR) is 61.7 cm³/mol. The van der Waals surface area contributed by atoms with E-state index in [0.717, 1.165) is 16.9 Å². The molecular weight excluding hydrogens is 249 g/mol. The lowest BCUT2D eigenvalue weighted by Gasteiger charge is -2.01. The van der Waals surface area contributed by atoms with Crippen LogP contribution in [0.5, 0.6) is 0 Å². The van der Waals surface area contributed by atoms with E-state index in [-0.39, 0.29) is 10.0 Å². The smallest absolute Gasteiger partial charge is 0.389 e. The minimum absolute atomic E-state index is 0.287. The van der Waals surface area contributed by atoms with Crippen LogP contribution in [0.1, 0.15) is 11.3 Å². The van der Waals surface area contributed by atoms with E-state index in [4.69, 9.17) is 5.73 Å². The molecule has 0 radical (unpaired) electrons. The number of alkyl halides is 3. The lowest BCUT2D eigenvalue weighted by Crippen LogP contribution is -2.08. The number of anilines is 1. The van der Waals surface area contributed by atoms with Gasteiger partial charge in [0.1, 0.15) is 10.0 Å². The Morgan fingerprint density at radius 1 is 1.18 bits per heavy atom. The predicted octanol–water partition coefficient (Wildman–Crippen LogP) is 3.72. The molecule has 0 aliphatic carbocycles. The quantitative estimate of drug-likeness (QED) is 0.846. The van der Waals surface area contributed by atoms with Crippen molar-refractivity contribution >= 4 is 16.3 Å². The first-order valence-corrected chi connectivity index (χ1v) is 5.60. The van der Waals surface area contributed by atoms with Crippen molar-refractivity contribution in [2.75, 3.05) is 5.73 Å². The molecule has 2 aromatic rings. The van der Waals surface area contributed by atoms with Crippen molar-refractivity contribution in [1.29, 1.82) is 0 Å². The molecule has 2 rings (SSSR count). The number of hydrogen-bond acceptors (Lipinski definition) is 3. The summed E-state index contributed by atoms with van der Waals surface area (Å²) in [5.74, 6) is 0. The third-order valence-corrected chi connectivity index (χ3v) is 3.15. The molecule has 0 spiro atoms. The van der Waals surface area contributed by atoms with Gasteiger partial charge in [-0.3, -0.25) is 0 Å². The van der Waals surface area contributed by atoms with E-state index in [1.807, 2.05) is 19.1 Å². The number of nitrogens with zero attached hydrogens (tertiary/aromatic N) is 1. The zero-order valence-electron chi connectivity index (χ0n) is 8.88. The van der Waals surface area contributed by atoms with Crippen molar-refractivity contribution in [3.05, 3.63) is 35.5 Å². The third-order valence-electron chi connectivity index (χ3n) is 2.22. The topological polar surface area (TPSA) is 38.9 Å². The summed E-state index contributed by atoms with van der Waals surface area (Å²) < 4.78 is 37.5. The fraction of sp³-hybridized carbons (Fsp3) is 0.182. The highest BCUT2D eigenvalue weighted by molar-refractivity contribution is 7.18. The Bertz CT molecular complexity index is 529. The zero-order valence-corrected chi connectivity index (χ0v) is 9.69. The van der Waals surface area contributed by atoms with Crippen LogP contribution in [0.4, 0.5) is 18.2 Å². The van der Waals surface area contributed by atoms with Gasteiger partial charge < -0.3 is 5.73 Å². The summed E-state index contributed by atoms with van der Waals surface area (Å²) in [6.45, 7) is 1.90. The lowest BCUT2D eigenvalue weighted by atomic mass is 10.2. The normalized spacial score (nSPS) is 11.8. The van der Waals surface area contributed by atoms with Gasteiger partial charge in [0.2, 0.25) is 0 Å². The molecule has 0 fully saturated rings. The molecule has 2 N–H and O–H groups in total. The molecule has 0 saturated carbocycles. The summed E-state index contributed by atoms with van der Waals surface area (Å²) in [6.07, 6.45) is -4.50. The first kappa shape index (κ1) is 11.9. The summed E-state index contributed by atoms with van der Waals surface area (Å²) in [5.41, 5.74) is 6.01. The van der Waals surface area contributed by atoms with E-state index in [9.17, 15) is 13.2 Å². The van der Waals surface area contributed by atoms with E-state index >= 15 is 0 Å². The van der Waals surface area contributed by atoms with E-state index in [2.05, 4.69) is 4.98 Å². The maximum atomic E-state index is 12.5. The second-order valence-electron chi connectivity index (χ2n) is 3.60. The molecule has 0 unspecified atom stereocenters. The largest absolute Gasteiger partial charge is 0.436 e. The molecule has 17 heavy (non-hydrogen) atoms. The average Bonchev–Trinajstić information content (AvgIpc) is 2.61. The Morgan fingerprint density at radius 3 is 2.24 bits per heavy atom. The van der Waals surface area contributed by atoms with Gasteiger partial charge in [0.05, 0.1) is 0 Å². The van der Waals surface area contributed by atoms with Gasteiger partial charge in [-0.25, -0.2) is 4.98 Å². The molecule has 6 heteroatoms. The Labute approximate surface area is 99.9 Å². The van der Waals surface area contributed by atoms with Crippen molar-refractivity contribution in [3.63, 3.8) is 0 Å². The number of benzene rings is 1. The number of aryl methyl sites for hydroxylation is 1. The molecule has 0 atom stereocenters. The Morgan fingerprint density at radius 2 is 1.76 bits per heavy atom. The van der Waals surface area contributed by atoms with Crippen LogP contribution in [0.25, 0.3) is 10.6 Å². The minimum atomic E-state index is -4.50. The number of halogens is 3. The first-order valence-electron chi connectivity index (χ1n) is 4.78. The van der Waals surface area contributed by atoms with Crippen LogP contribution < -0.4 is 5.73 Å². The molecule has 0 aliphatic rings. The number of nitrogens with two attached hydrogens (primary N) is 1. The Hall–Kier alpha value is -1.56. The molecule has 0 aliphatic heterocycles. The fourth-order valence-electron chi connectivity index (χ4n) is 1.35. The standard InChI is InChI=1S/C11H9F3N2S/c1-6-2-4-7(5-3-6)10-16-8(9(15)17-10)11(12,13)14/h2-5H,15H2,1H3. The summed E-state index contributed by atoms with van der Waals surface area (Å²) >= 11 is 0.847. The SMILES string of the molecule is Cc1ccc(-c2nc(C(F)(F)F)c(N)s2)cc1. The van der Waals surface area contributed by atoms with E-state index < -0.39 is 11.9 Å². The van der Waals surface area contributed by atoms with Gasteiger partial charge in [-0.1, -0.05) is 41.2 Å². The van der Waals surface area contributed by atoms with Crippen molar-refractivity contribution < 1.29 is 13.2 Å². The second-order valence-corrected chi connectivity index (χ2v) is 4.63. The van der Waals surface area contributed by atoms with Crippen molar-refractivity contribution in [2.45, 2.75) is 13.1 Å². The monoisotopic (exact) mass is 258 g/mol. The highest BCUT2D eigenvalue weighted by Gasteiger charge is 2.37. The first-order chi connectivity index (χ1) is 7.88. The summed E-state index contributed by atoms with van der Waals surface area (Å²) in [7, 11) is 0. The van der Waals surface area contributed by atoms with Crippen molar-refractivity contribution in [1.82, 2.24) is 4.98 Å². The van der Waals surface area contributed by atoms with Crippen LogP contribution in [-0.4, -0.2) is 4.98 Å². The van der Waals surface area contributed by atoms with Gasteiger partial charge in [0.25, 0.3) is 0 Å². The van der Waals surface area contributed by atoms with Gasteiger partial charge in [0.15, 0.2) is 5.69 Å². The van der Waals surface area contributed by atoms with Gasteiger partial charge >= 0.3 is 6.18 Å². The summed E-state index contributed by atoms with van der Waals surface area (Å²) in [6, 6.07) is 7.10. The van der Waals surface area contributed by atoms with Crippen LogP contribution in [0.2, 0.25) is 0 Å². The molecule has 2 nitrogen and oxygen atoms in total. The Balaban J connectivity index is 2.45. The van der Waals surface area contributed by atoms with Gasteiger partial charge in [-0.15, -0.1) is 0 Å². The molecule has 1 aromatic carbocycles. The maximum absolute atomic E-state index is 12.5. The van der Waals surface area contributed by atoms with Crippen LogP contribution in [0.3, 0.4) is 0 Å². The van der Waals surface area contributed by atoms with E-state index in [1.54, 1.807) is 12.1 Å². The van der Waals surface area contributed by atoms with Crippen LogP contribution in [-0.2, 0) is 6.18 Å². The van der Waals surface area contributed by atoms with Crippen LogP contribution >= 0.6 is 11.3 Å². The average molecular weight is 258 g/mol. The molecule has 0 saturated heterocycles. The molecular formula is C11H9F3N2S. The lowest BCUT2D eigenvalue weighted by molar-refractivity contribution is -0.140. The van der Waals surface area contributed by atoms with Crippen LogP contribution in [0.15, 0.2) is 24.3 Å². The molecule has 1 heterocycles. The number of nitrogen functional groups attached to an aromatic ring is 1. The summed E-state index contributed by atoms with van der Waals surface area (Å²) in [5, 5.41) is -0.0112. The van der Waals surface area contributed by atoms with Gasteiger partial charge in [-0.05, 0) is 6.92 Å². The van der Waals surface area contributed by atoms with Gasteiger partial charge in [-0.2, -0.15) is 13.2 Å². The fourth-order valence-corrected chi connectivity index (χ4v) is 2.21. The highest BCUT2D eigenvalue weighted by atomic mass is 32.1. The van der Waals surface area contributed by atoms with Crippen molar-refractivity contribution in [2.24, 2.45) is 0 Å². The van der Waals surface area contributed by atoms with Crippen molar-refractivity contribution in [3.8, 4) is 10.6 Å². The molecule has 0 amide bonds. The van der Waals surface area contributed by atoms with E-state index in [0.29, 0.717) is 5.56 Å². The number of rotatable bonds is 1.